The molecule has 0 spiro atoms. The van der Waals surface area contributed by atoms with Crippen molar-refractivity contribution in [2.24, 2.45) is 5.73 Å². The molecule has 5 aromatic rings. The quantitative estimate of drug-likeness (QED) is 0.356. The van der Waals surface area contributed by atoms with Crippen LogP contribution in [0.15, 0.2) is 71.7 Å². The van der Waals surface area contributed by atoms with Crippen LogP contribution in [-0.2, 0) is 26.0 Å². The van der Waals surface area contributed by atoms with Crippen molar-refractivity contribution in [2.75, 3.05) is 6.54 Å². The monoisotopic (exact) mass is 464 g/mol. The van der Waals surface area contributed by atoms with Gasteiger partial charge in [-0.2, -0.15) is 0 Å². The van der Waals surface area contributed by atoms with Crippen LogP contribution < -0.4 is 16.0 Å². The molecule has 0 atom stereocenters. The Morgan fingerprint density at radius 1 is 1.03 bits per heavy atom. The fourth-order valence-corrected chi connectivity index (χ4v) is 5.08. The number of nitrogens with one attached hydrogen (secondary N) is 1. The van der Waals surface area contributed by atoms with Crippen LogP contribution in [0.5, 0.6) is 5.75 Å². The molecule has 0 amide bonds. The highest BCUT2D eigenvalue weighted by Crippen LogP contribution is 2.32. The number of aromatic nitrogens is 3. The number of benzene rings is 3. The van der Waals surface area contributed by atoms with E-state index in [9.17, 15) is 4.79 Å². The van der Waals surface area contributed by atoms with Crippen LogP contribution in [0.4, 0.5) is 0 Å². The van der Waals surface area contributed by atoms with Gasteiger partial charge in [0, 0.05) is 29.8 Å². The highest BCUT2D eigenvalue weighted by atomic mass is 16.5. The van der Waals surface area contributed by atoms with Gasteiger partial charge < -0.3 is 20.0 Å². The van der Waals surface area contributed by atoms with Gasteiger partial charge in [-0.25, -0.2) is 4.98 Å². The van der Waals surface area contributed by atoms with Crippen LogP contribution >= 0.6 is 0 Å². The summed E-state index contributed by atoms with van der Waals surface area (Å²) in [5, 5.41) is 0.979. The van der Waals surface area contributed by atoms with Gasteiger partial charge in [-0.3, -0.25) is 4.79 Å². The summed E-state index contributed by atoms with van der Waals surface area (Å²) >= 11 is 0. The molecule has 35 heavy (non-hydrogen) atoms. The third-order valence-electron chi connectivity index (χ3n) is 6.87. The Bertz CT molecular complexity index is 1580. The van der Waals surface area contributed by atoms with Gasteiger partial charge in [0.2, 0.25) is 0 Å². The smallest absolute Gasteiger partial charge is 0.275 e. The lowest BCUT2D eigenvalue weighted by atomic mass is 10.1. The van der Waals surface area contributed by atoms with Crippen LogP contribution in [0, 0.1) is 0 Å². The minimum absolute atomic E-state index is 0.169. The first-order chi connectivity index (χ1) is 17.2. The second kappa shape index (κ2) is 9.04. The first kappa shape index (κ1) is 21.6. The van der Waals surface area contributed by atoms with Crippen LogP contribution in [-0.4, -0.2) is 21.1 Å². The van der Waals surface area contributed by atoms with Crippen molar-refractivity contribution in [2.45, 2.75) is 38.8 Å². The predicted octanol–water partition coefficient (Wildman–Crippen LogP) is 4.96. The number of aryl methyl sites for hydroxylation is 3. The van der Waals surface area contributed by atoms with Crippen molar-refractivity contribution in [3.63, 3.8) is 0 Å². The number of H-pyrrole nitrogens is 1. The summed E-state index contributed by atoms with van der Waals surface area (Å²) in [6.45, 7) is 1.85. The van der Waals surface area contributed by atoms with Crippen LogP contribution in [0.2, 0.25) is 0 Å². The maximum atomic E-state index is 13.2. The molecule has 2 aromatic heterocycles. The highest BCUT2D eigenvalue weighted by molar-refractivity contribution is 5.96. The predicted molar refractivity (Wildman–Crippen MR) is 140 cm³/mol. The summed E-state index contributed by atoms with van der Waals surface area (Å²) < 4.78 is 8.23. The van der Waals surface area contributed by atoms with Crippen LogP contribution in [0.25, 0.3) is 33.2 Å². The Balaban J connectivity index is 1.42. The average Bonchev–Trinajstić information content (AvgIpc) is 3.49. The Labute approximate surface area is 203 Å². The molecule has 176 valence electrons. The molecule has 0 radical (unpaired) electrons. The minimum atomic E-state index is -0.169. The standard InChI is InChI=1S/C29H28N4O2/c30-12-5-13-33-17-24(23-11-10-22(16-27(23)33)35-18-19-6-2-1-3-7-19)28-29(34)32-26-15-21-9-4-8-20(21)14-25(26)31-28/h1-3,6-7,10-11,14-17H,4-5,8-9,12-13,18,30H2,(H,32,34). The van der Waals surface area contributed by atoms with E-state index in [1.165, 1.54) is 11.1 Å². The van der Waals surface area contributed by atoms with E-state index in [1.807, 2.05) is 54.7 Å². The molecule has 0 saturated carbocycles. The molecule has 3 N–H and O–H groups in total. The zero-order valence-electron chi connectivity index (χ0n) is 19.6. The van der Waals surface area contributed by atoms with Crippen molar-refractivity contribution >= 4 is 21.9 Å². The number of nitrogens with zero attached hydrogens (tertiary/aromatic N) is 2. The number of hydrogen-bond donors (Lipinski definition) is 2. The number of aromatic amines is 1. The topological polar surface area (TPSA) is 85.9 Å². The lowest BCUT2D eigenvalue weighted by molar-refractivity contribution is 0.306. The third kappa shape index (κ3) is 4.10. The highest BCUT2D eigenvalue weighted by Gasteiger charge is 2.18. The van der Waals surface area contributed by atoms with Crippen LogP contribution in [0.1, 0.15) is 29.5 Å². The van der Waals surface area contributed by atoms with Gasteiger partial charge in [0.25, 0.3) is 5.56 Å². The van der Waals surface area contributed by atoms with E-state index in [1.54, 1.807) is 0 Å². The lowest BCUT2D eigenvalue weighted by Gasteiger charge is -2.09. The molecule has 6 heteroatoms. The van der Waals surface area contributed by atoms with Crippen LogP contribution in [0.3, 0.4) is 0 Å². The van der Waals surface area contributed by atoms with Gasteiger partial charge in [0.05, 0.1) is 16.6 Å². The lowest BCUT2D eigenvalue weighted by Crippen LogP contribution is -2.11. The third-order valence-corrected chi connectivity index (χ3v) is 6.87. The molecule has 6 nitrogen and oxygen atoms in total. The average molecular weight is 465 g/mol. The van der Waals surface area contributed by atoms with Crippen molar-refractivity contribution in [1.82, 2.24) is 14.5 Å². The van der Waals surface area contributed by atoms with Crippen molar-refractivity contribution in [1.29, 1.82) is 0 Å². The van der Waals surface area contributed by atoms with Crippen molar-refractivity contribution < 1.29 is 4.74 Å². The fourth-order valence-electron chi connectivity index (χ4n) is 5.08. The molecule has 1 aliphatic rings. The van der Waals surface area contributed by atoms with E-state index in [0.717, 1.165) is 71.0 Å². The summed E-state index contributed by atoms with van der Waals surface area (Å²) in [6, 6.07) is 20.4. The van der Waals surface area contributed by atoms with E-state index in [-0.39, 0.29) is 5.56 Å². The molecule has 2 heterocycles. The maximum absolute atomic E-state index is 13.2. The van der Waals surface area contributed by atoms with E-state index in [4.69, 9.17) is 15.5 Å². The summed E-state index contributed by atoms with van der Waals surface area (Å²) in [7, 11) is 0. The zero-order valence-corrected chi connectivity index (χ0v) is 19.6. The Hall–Kier alpha value is -3.90. The van der Waals surface area contributed by atoms with E-state index in [0.29, 0.717) is 18.8 Å². The first-order valence-electron chi connectivity index (χ1n) is 12.3. The largest absolute Gasteiger partial charge is 0.489 e. The molecular formula is C29H28N4O2. The number of nitrogens with two attached hydrogens (primary N) is 1. The van der Waals surface area contributed by atoms with Gasteiger partial charge >= 0.3 is 0 Å². The van der Waals surface area contributed by atoms with E-state index < -0.39 is 0 Å². The van der Waals surface area contributed by atoms with Crippen molar-refractivity contribution in [3.05, 3.63) is 93.9 Å². The second-order valence-electron chi connectivity index (χ2n) is 9.24. The fraction of sp³-hybridized carbons (Fsp3) is 0.241. The number of hydrogen-bond acceptors (Lipinski definition) is 4. The Morgan fingerprint density at radius 3 is 2.69 bits per heavy atom. The molecule has 0 aliphatic heterocycles. The van der Waals surface area contributed by atoms with Gasteiger partial charge in [0.1, 0.15) is 18.1 Å². The molecule has 1 aliphatic carbocycles. The molecule has 0 fully saturated rings. The van der Waals surface area contributed by atoms with Gasteiger partial charge in [-0.05, 0) is 73.2 Å². The zero-order chi connectivity index (χ0) is 23.8. The summed E-state index contributed by atoms with van der Waals surface area (Å²) in [6.07, 6.45) is 6.17. The Morgan fingerprint density at radius 2 is 1.86 bits per heavy atom. The maximum Gasteiger partial charge on any atom is 0.275 e. The molecule has 6 rings (SSSR count). The second-order valence-corrected chi connectivity index (χ2v) is 9.24. The van der Waals surface area contributed by atoms with E-state index in [2.05, 4.69) is 21.7 Å². The number of rotatable bonds is 7. The van der Waals surface area contributed by atoms with Gasteiger partial charge in [-0.1, -0.05) is 30.3 Å². The normalized spacial score (nSPS) is 12.9. The molecule has 0 unspecified atom stereocenters. The molecule has 3 aromatic carbocycles. The molecule has 0 bridgehead atoms. The Kier molecular flexibility index (Phi) is 5.58. The summed E-state index contributed by atoms with van der Waals surface area (Å²) in [5.41, 5.74) is 13.4. The molecule has 0 saturated heterocycles. The minimum Gasteiger partial charge on any atom is -0.489 e. The van der Waals surface area contributed by atoms with Crippen molar-refractivity contribution in [3.8, 4) is 17.0 Å². The number of ether oxygens (including phenoxy) is 1. The van der Waals surface area contributed by atoms with Gasteiger partial charge in [0.15, 0.2) is 0 Å². The summed E-state index contributed by atoms with van der Waals surface area (Å²) in [5.74, 6) is 0.788. The summed E-state index contributed by atoms with van der Waals surface area (Å²) in [4.78, 5) is 21.1. The number of fused-ring (bicyclic) bond motifs is 3. The first-order valence-corrected chi connectivity index (χ1v) is 12.3. The SMILES string of the molecule is NCCCn1cc(-c2nc3cc4c(cc3[nH]c2=O)CCC4)c2ccc(OCc3ccccc3)cc21. The van der Waals surface area contributed by atoms with Gasteiger partial charge in [-0.15, -0.1) is 0 Å². The molecular weight excluding hydrogens is 436 g/mol. The van der Waals surface area contributed by atoms with E-state index >= 15 is 0 Å².